The molecule has 0 aliphatic carbocycles. The Morgan fingerprint density at radius 1 is 1.14 bits per heavy atom. The fourth-order valence-corrected chi connectivity index (χ4v) is 1.48. The first-order valence-electron chi connectivity index (χ1n) is 4.59. The third-order valence-corrected chi connectivity index (χ3v) is 2.45. The maximum absolute atomic E-state index is 5.92. The molecule has 14 heavy (non-hydrogen) atoms. The normalized spacial score (nSPS) is 10.4. The Kier molecular flexibility index (Phi) is 2.04. The second-order valence-electron chi connectivity index (χ2n) is 3.50. The zero-order valence-electron chi connectivity index (χ0n) is 8.37. The van der Waals surface area contributed by atoms with Gasteiger partial charge in [0.05, 0.1) is 6.26 Å². The molecular formula is C12H13NO. The highest BCUT2D eigenvalue weighted by atomic mass is 16.3. The van der Waals surface area contributed by atoms with Crippen LogP contribution in [0.4, 0.5) is 5.69 Å². The number of benzene rings is 1. The predicted molar refractivity (Wildman–Crippen MR) is 58.0 cm³/mol. The highest BCUT2D eigenvalue weighted by molar-refractivity contribution is 5.74. The lowest BCUT2D eigenvalue weighted by Gasteiger charge is -2.06. The lowest BCUT2D eigenvalue weighted by atomic mass is 10.0. The first kappa shape index (κ1) is 8.88. The lowest BCUT2D eigenvalue weighted by Crippen LogP contribution is -1.92. The molecular weight excluding hydrogens is 174 g/mol. The zero-order valence-corrected chi connectivity index (χ0v) is 8.37. The molecule has 0 spiro atoms. The minimum Gasteiger partial charge on any atom is -0.464 e. The van der Waals surface area contributed by atoms with Gasteiger partial charge < -0.3 is 10.2 Å². The van der Waals surface area contributed by atoms with E-state index >= 15 is 0 Å². The van der Waals surface area contributed by atoms with Crippen LogP contribution in [0.1, 0.15) is 11.1 Å². The number of furan rings is 1. The zero-order chi connectivity index (χ0) is 10.1. The van der Waals surface area contributed by atoms with Crippen LogP contribution >= 0.6 is 0 Å². The number of hydrogen-bond acceptors (Lipinski definition) is 2. The van der Waals surface area contributed by atoms with Crippen molar-refractivity contribution in [2.45, 2.75) is 13.8 Å². The largest absolute Gasteiger partial charge is 0.464 e. The maximum atomic E-state index is 5.92. The molecule has 0 saturated heterocycles. The molecule has 2 N–H and O–H groups in total. The topological polar surface area (TPSA) is 39.2 Å². The molecule has 0 radical (unpaired) electrons. The minimum atomic E-state index is 0.767. The molecule has 0 aliphatic rings. The molecule has 1 aromatic carbocycles. The van der Waals surface area contributed by atoms with E-state index in [4.69, 9.17) is 10.2 Å². The van der Waals surface area contributed by atoms with E-state index in [0.29, 0.717) is 0 Å². The molecule has 0 fully saturated rings. The molecule has 0 bridgehead atoms. The summed E-state index contributed by atoms with van der Waals surface area (Å²) in [5, 5.41) is 0. The summed E-state index contributed by atoms with van der Waals surface area (Å²) in [7, 11) is 0. The van der Waals surface area contributed by atoms with Gasteiger partial charge in [-0.1, -0.05) is 0 Å². The van der Waals surface area contributed by atoms with Gasteiger partial charge in [-0.2, -0.15) is 0 Å². The summed E-state index contributed by atoms with van der Waals surface area (Å²) in [6.45, 7) is 4.12. The first-order chi connectivity index (χ1) is 6.68. The lowest BCUT2D eigenvalue weighted by molar-refractivity contribution is 0.582. The first-order valence-corrected chi connectivity index (χ1v) is 4.59. The quantitative estimate of drug-likeness (QED) is 0.696. The standard InChI is InChI=1S/C12H13NO/c1-8-6-10(11(13)7-9(8)2)12-4-3-5-14-12/h3-7H,13H2,1-2H3. The molecule has 0 aliphatic heterocycles. The number of aryl methyl sites for hydroxylation is 2. The third kappa shape index (κ3) is 1.39. The Labute approximate surface area is 83.4 Å². The van der Waals surface area contributed by atoms with Gasteiger partial charge in [0, 0.05) is 11.3 Å². The van der Waals surface area contributed by atoms with Crippen LogP contribution in [0.3, 0.4) is 0 Å². The summed E-state index contributed by atoms with van der Waals surface area (Å²) in [5.74, 6) is 0.825. The average Bonchev–Trinajstić information content (AvgIpc) is 2.64. The Morgan fingerprint density at radius 2 is 1.86 bits per heavy atom. The molecule has 1 heterocycles. The number of hydrogen-bond donors (Lipinski definition) is 1. The minimum absolute atomic E-state index is 0.767. The summed E-state index contributed by atoms with van der Waals surface area (Å²) in [6, 6.07) is 7.82. The van der Waals surface area contributed by atoms with Gasteiger partial charge in [-0.15, -0.1) is 0 Å². The van der Waals surface area contributed by atoms with E-state index in [1.165, 1.54) is 11.1 Å². The van der Waals surface area contributed by atoms with Crippen LogP contribution in [-0.2, 0) is 0 Å². The SMILES string of the molecule is Cc1cc(N)c(-c2ccco2)cc1C. The van der Waals surface area contributed by atoms with Crippen molar-refractivity contribution in [2.75, 3.05) is 5.73 Å². The summed E-state index contributed by atoms with van der Waals surface area (Å²) in [5.41, 5.74) is 10.1. The predicted octanol–water partition coefficient (Wildman–Crippen LogP) is 3.15. The van der Waals surface area contributed by atoms with Gasteiger partial charge in [0.1, 0.15) is 5.76 Å². The summed E-state index contributed by atoms with van der Waals surface area (Å²) in [6.07, 6.45) is 1.66. The molecule has 0 amide bonds. The highest BCUT2D eigenvalue weighted by Crippen LogP contribution is 2.28. The Hall–Kier alpha value is -1.70. The van der Waals surface area contributed by atoms with Gasteiger partial charge in [0.2, 0.25) is 0 Å². The van der Waals surface area contributed by atoms with Crippen LogP contribution in [0.5, 0.6) is 0 Å². The number of anilines is 1. The molecule has 0 atom stereocenters. The Bertz CT molecular complexity index is 444. The third-order valence-electron chi connectivity index (χ3n) is 2.45. The van der Waals surface area contributed by atoms with E-state index in [2.05, 4.69) is 19.9 Å². The van der Waals surface area contributed by atoms with Crippen LogP contribution in [0.15, 0.2) is 34.9 Å². The van der Waals surface area contributed by atoms with Gasteiger partial charge in [0.25, 0.3) is 0 Å². The molecule has 2 heteroatoms. The second-order valence-corrected chi connectivity index (χ2v) is 3.50. The summed E-state index contributed by atoms with van der Waals surface area (Å²) in [4.78, 5) is 0. The van der Waals surface area contributed by atoms with Crippen molar-refractivity contribution in [3.05, 3.63) is 41.7 Å². The fraction of sp³-hybridized carbons (Fsp3) is 0.167. The fourth-order valence-electron chi connectivity index (χ4n) is 1.48. The Morgan fingerprint density at radius 3 is 2.50 bits per heavy atom. The van der Waals surface area contributed by atoms with Crippen molar-refractivity contribution < 1.29 is 4.42 Å². The van der Waals surface area contributed by atoms with Gasteiger partial charge in [-0.05, 0) is 49.2 Å². The van der Waals surface area contributed by atoms with Crippen molar-refractivity contribution in [3.63, 3.8) is 0 Å². The molecule has 1 aromatic heterocycles. The van der Waals surface area contributed by atoms with Crippen LogP contribution in [0.2, 0.25) is 0 Å². The van der Waals surface area contributed by atoms with E-state index in [1.54, 1.807) is 6.26 Å². The molecule has 0 saturated carbocycles. The van der Waals surface area contributed by atoms with E-state index in [9.17, 15) is 0 Å². The second kappa shape index (κ2) is 3.22. The highest BCUT2D eigenvalue weighted by Gasteiger charge is 2.06. The molecule has 2 nitrogen and oxygen atoms in total. The smallest absolute Gasteiger partial charge is 0.135 e. The molecule has 0 unspecified atom stereocenters. The van der Waals surface area contributed by atoms with Gasteiger partial charge in [-0.3, -0.25) is 0 Å². The van der Waals surface area contributed by atoms with Crippen LogP contribution in [0, 0.1) is 13.8 Å². The van der Waals surface area contributed by atoms with E-state index in [-0.39, 0.29) is 0 Å². The van der Waals surface area contributed by atoms with Crippen molar-refractivity contribution in [2.24, 2.45) is 0 Å². The van der Waals surface area contributed by atoms with Gasteiger partial charge in [-0.25, -0.2) is 0 Å². The molecule has 2 aromatic rings. The van der Waals surface area contributed by atoms with Crippen LogP contribution < -0.4 is 5.73 Å². The van der Waals surface area contributed by atoms with E-state index in [1.807, 2.05) is 18.2 Å². The Balaban J connectivity index is 2.60. The monoisotopic (exact) mass is 187 g/mol. The maximum Gasteiger partial charge on any atom is 0.135 e. The molecule has 2 rings (SSSR count). The van der Waals surface area contributed by atoms with Gasteiger partial charge >= 0.3 is 0 Å². The van der Waals surface area contributed by atoms with E-state index in [0.717, 1.165) is 17.0 Å². The van der Waals surface area contributed by atoms with Crippen molar-refractivity contribution in [1.82, 2.24) is 0 Å². The number of rotatable bonds is 1. The van der Waals surface area contributed by atoms with Gasteiger partial charge in [0.15, 0.2) is 0 Å². The van der Waals surface area contributed by atoms with Crippen molar-refractivity contribution in [3.8, 4) is 11.3 Å². The van der Waals surface area contributed by atoms with Crippen molar-refractivity contribution >= 4 is 5.69 Å². The summed E-state index contributed by atoms with van der Waals surface area (Å²) >= 11 is 0. The number of nitrogen functional groups attached to an aromatic ring is 1. The number of nitrogens with two attached hydrogens (primary N) is 1. The van der Waals surface area contributed by atoms with Crippen LogP contribution in [0.25, 0.3) is 11.3 Å². The van der Waals surface area contributed by atoms with E-state index < -0.39 is 0 Å². The molecule has 72 valence electrons. The van der Waals surface area contributed by atoms with Crippen molar-refractivity contribution in [1.29, 1.82) is 0 Å². The summed E-state index contributed by atoms with van der Waals surface area (Å²) < 4.78 is 5.32. The van der Waals surface area contributed by atoms with Crippen LogP contribution in [-0.4, -0.2) is 0 Å². The average molecular weight is 187 g/mol.